The highest BCUT2D eigenvalue weighted by Crippen LogP contribution is 2.22. The molecule has 0 aliphatic carbocycles. The normalized spacial score (nSPS) is 11.8. The van der Waals surface area contributed by atoms with Gasteiger partial charge in [-0.15, -0.1) is 11.3 Å². The van der Waals surface area contributed by atoms with E-state index in [-0.39, 0.29) is 4.90 Å². The molecule has 21 heavy (non-hydrogen) atoms. The highest BCUT2D eigenvalue weighted by atomic mass is 35.5. The molecule has 0 amide bonds. The Bertz CT molecular complexity index is 726. The Morgan fingerprint density at radius 3 is 2.67 bits per heavy atom. The number of hydrogen-bond donors (Lipinski definition) is 2. The lowest BCUT2D eigenvalue weighted by Gasteiger charge is -2.10. The fourth-order valence-electron chi connectivity index (χ4n) is 1.93. The smallest absolute Gasteiger partial charge is 0.240 e. The predicted molar refractivity (Wildman–Crippen MR) is 87.3 cm³/mol. The molecule has 0 spiro atoms. The van der Waals surface area contributed by atoms with Gasteiger partial charge in [-0.05, 0) is 42.7 Å². The number of thiophene rings is 1. The van der Waals surface area contributed by atoms with E-state index in [1.54, 1.807) is 19.1 Å². The lowest BCUT2D eigenvalue weighted by atomic mass is 10.1. The first-order valence-corrected chi connectivity index (χ1v) is 9.13. The van der Waals surface area contributed by atoms with E-state index in [0.29, 0.717) is 29.4 Å². The fourth-order valence-corrected chi connectivity index (χ4v) is 4.35. The Kier molecular flexibility index (Phi) is 5.40. The van der Waals surface area contributed by atoms with Crippen LogP contribution in [0.15, 0.2) is 35.2 Å². The summed E-state index contributed by atoms with van der Waals surface area (Å²) in [5, 5.41) is 0. The van der Waals surface area contributed by atoms with Gasteiger partial charge in [-0.2, -0.15) is 0 Å². The molecule has 0 aliphatic rings. The Morgan fingerprint density at radius 1 is 1.29 bits per heavy atom. The molecule has 1 aromatic heterocycles. The summed E-state index contributed by atoms with van der Waals surface area (Å²) in [5.74, 6) is 0. The van der Waals surface area contributed by atoms with Gasteiger partial charge < -0.3 is 5.73 Å². The SMILES string of the molecule is Cc1ccc(CN)cc1S(=O)(=O)NCCc1ccc(Cl)s1. The van der Waals surface area contributed by atoms with E-state index in [1.165, 1.54) is 11.3 Å². The molecule has 7 heteroatoms. The van der Waals surface area contributed by atoms with Crippen LogP contribution in [0.3, 0.4) is 0 Å². The van der Waals surface area contributed by atoms with E-state index in [1.807, 2.05) is 18.2 Å². The molecule has 0 aliphatic heterocycles. The summed E-state index contributed by atoms with van der Waals surface area (Å²) in [5.41, 5.74) is 7.07. The topological polar surface area (TPSA) is 72.2 Å². The number of aryl methyl sites for hydroxylation is 1. The van der Waals surface area contributed by atoms with Gasteiger partial charge in [0, 0.05) is 18.0 Å². The summed E-state index contributed by atoms with van der Waals surface area (Å²) < 4.78 is 28.0. The van der Waals surface area contributed by atoms with Crippen molar-refractivity contribution in [2.45, 2.75) is 24.8 Å². The second kappa shape index (κ2) is 6.89. The average Bonchev–Trinajstić information content (AvgIpc) is 2.84. The molecule has 0 unspecified atom stereocenters. The summed E-state index contributed by atoms with van der Waals surface area (Å²) >= 11 is 7.30. The van der Waals surface area contributed by atoms with Crippen LogP contribution in [0, 0.1) is 6.92 Å². The Hall–Kier alpha value is -0.920. The first kappa shape index (κ1) is 16.5. The van der Waals surface area contributed by atoms with Gasteiger partial charge in [0.2, 0.25) is 10.0 Å². The van der Waals surface area contributed by atoms with Gasteiger partial charge in [0.05, 0.1) is 9.23 Å². The quantitative estimate of drug-likeness (QED) is 0.846. The second-order valence-electron chi connectivity index (χ2n) is 4.66. The summed E-state index contributed by atoms with van der Waals surface area (Å²) in [6, 6.07) is 8.95. The van der Waals surface area contributed by atoms with Crippen molar-refractivity contribution in [3.8, 4) is 0 Å². The van der Waals surface area contributed by atoms with Crippen LogP contribution in [0.1, 0.15) is 16.0 Å². The minimum absolute atomic E-state index is 0.287. The van der Waals surface area contributed by atoms with Crippen molar-refractivity contribution >= 4 is 33.0 Å². The molecule has 0 atom stereocenters. The van der Waals surface area contributed by atoms with E-state index < -0.39 is 10.0 Å². The van der Waals surface area contributed by atoms with Crippen molar-refractivity contribution < 1.29 is 8.42 Å². The number of halogens is 1. The van der Waals surface area contributed by atoms with Gasteiger partial charge in [-0.1, -0.05) is 23.7 Å². The Morgan fingerprint density at radius 2 is 2.05 bits per heavy atom. The van der Waals surface area contributed by atoms with E-state index >= 15 is 0 Å². The molecule has 2 aromatic rings. The van der Waals surface area contributed by atoms with Crippen LogP contribution in [0.4, 0.5) is 0 Å². The molecule has 0 bridgehead atoms. The highest BCUT2D eigenvalue weighted by molar-refractivity contribution is 7.89. The van der Waals surface area contributed by atoms with Crippen molar-refractivity contribution in [2.24, 2.45) is 5.73 Å². The summed E-state index contributed by atoms with van der Waals surface area (Å²) in [6.07, 6.45) is 0.617. The van der Waals surface area contributed by atoms with Crippen LogP contribution < -0.4 is 10.5 Å². The number of benzene rings is 1. The molecular formula is C14H17ClN2O2S2. The van der Waals surface area contributed by atoms with Crippen molar-refractivity contribution in [3.05, 3.63) is 50.7 Å². The Labute approximate surface area is 134 Å². The van der Waals surface area contributed by atoms with Gasteiger partial charge in [0.1, 0.15) is 0 Å². The molecule has 1 heterocycles. The summed E-state index contributed by atoms with van der Waals surface area (Å²) in [6.45, 7) is 2.43. The highest BCUT2D eigenvalue weighted by Gasteiger charge is 2.16. The number of hydrogen-bond acceptors (Lipinski definition) is 4. The van der Waals surface area contributed by atoms with Crippen LogP contribution in [0.5, 0.6) is 0 Å². The van der Waals surface area contributed by atoms with Gasteiger partial charge in [0.15, 0.2) is 0 Å². The third-order valence-electron chi connectivity index (χ3n) is 3.07. The summed E-state index contributed by atoms with van der Waals surface area (Å²) in [4.78, 5) is 1.34. The van der Waals surface area contributed by atoms with E-state index in [2.05, 4.69) is 4.72 Å². The van der Waals surface area contributed by atoms with Gasteiger partial charge >= 0.3 is 0 Å². The van der Waals surface area contributed by atoms with Crippen LogP contribution in [-0.2, 0) is 23.0 Å². The minimum Gasteiger partial charge on any atom is -0.326 e. The zero-order valence-corrected chi connectivity index (χ0v) is 14.0. The van der Waals surface area contributed by atoms with Crippen LogP contribution >= 0.6 is 22.9 Å². The van der Waals surface area contributed by atoms with Gasteiger partial charge in [0.25, 0.3) is 0 Å². The van der Waals surface area contributed by atoms with Gasteiger partial charge in [-0.3, -0.25) is 0 Å². The molecule has 0 radical (unpaired) electrons. The van der Waals surface area contributed by atoms with Crippen LogP contribution in [0.2, 0.25) is 4.34 Å². The predicted octanol–water partition coefficient (Wildman–Crippen LogP) is 2.69. The average molecular weight is 345 g/mol. The molecule has 1 aromatic carbocycles. The van der Waals surface area contributed by atoms with Crippen molar-refractivity contribution in [2.75, 3.05) is 6.54 Å². The first-order chi connectivity index (χ1) is 9.92. The molecule has 0 fully saturated rings. The number of sulfonamides is 1. The zero-order valence-electron chi connectivity index (χ0n) is 11.6. The third kappa shape index (κ3) is 4.28. The number of nitrogens with two attached hydrogens (primary N) is 1. The maximum atomic E-state index is 12.3. The molecule has 3 N–H and O–H groups in total. The standard InChI is InChI=1S/C14H17ClN2O2S2/c1-10-2-3-11(9-16)8-13(10)21(18,19)17-7-6-12-4-5-14(15)20-12/h2-5,8,17H,6-7,9,16H2,1H3. The first-order valence-electron chi connectivity index (χ1n) is 6.46. The lowest BCUT2D eigenvalue weighted by molar-refractivity contribution is 0.581. The Balaban J connectivity index is 2.07. The fraction of sp³-hybridized carbons (Fsp3) is 0.286. The monoisotopic (exact) mass is 344 g/mol. The van der Waals surface area contributed by atoms with E-state index in [9.17, 15) is 8.42 Å². The molecule has 114 valence electrons. The molecule has 0 saturated carbocycles. The van der Waals surface area contributed by atoms with Gasteiger partial charge in [-0.25, -0.2) is 13.1 Å². The zero-order chi connectivity index (χ0) is 15.5. The van der Waals surface area contributed by atoms with Crippen molar-refractivity contribution in [1.29, 1.82) is 0 Å². The molecule has 0 saturated heterocycles. The maximum Gasteiger partial charge on any atom is 0.240 e. The molecule has 4 nitrogen and oxygen atoms in total. The van der Waals surface area contributed by atoms with E-state index in [0.717, 1.165) is 10.4 Å². The molecular weight excluding hydrogens is 328 g/mol. The lowest BCUT2D eigenvalue weighted by Crippen LogP contribution is -2.26. The summed E-state index contributed by atoms with van der Waals surface area (Å²) in [7, 11) is -3.52. The van der Waals surface area contributed by atoms with Crippen molar-refractivity contribution in [1.82, 2.24) is 4.72 Å². The number of rotatable bonds is 6. The molecule has 2 rings (SSSR count). The van der Waals surface area contributed by atoms with Crippen LogP contribution in [-0.4, -0.2) is 15.0 Å². The maximum absolute atomic E-state index is 12.3. The minimum atomic E-state index is -3.52. The number of nitrogens with one attached hydrogen (secondary N) is 1. The third-order valence-corrected chi connectivity index (χ3v) is 5.96. The largest absolute Gasteiger partial charge is 0.326 e. The second-order valence-corrected chi connectivity index (χ2v) is 8.19. The van der Waals surface area contributed by atoms with Crippen molar-refractivity contribution in [3.63, 3.8) is 0 Å². The van der Waals surface area contributed by atoms with Crippen LogP contribution in [0.25, 0.3) is 0 Å². The van der Waals surface area contributed by atoms with E-state index in [4.69, 9.17) is 17.3 Å².